The van der Waals surface area contributed by atoms with Gasteiger partial charge in [0.15, 0.2) is 0 Å². The number of rotatable bonds is 6. The summed E-state index contributed by atoms with van der Waals surface area (Å²) in [5, 5.41) is 5.06. The molecular weight excluding hydrogens is 302 g/mol. The molecule has 4 N–H and O–H groups in total. The maximum atomic E-state index is 11.2. The van der Waals surface area contributed by atoms with Gasteiger partial charge in [0.25, 0.3) is 0 Å². The first kappa shape index (κ1) is 17.2. The second kappa shape index (κ2) is 7.41. The number of nitrogens with zero attached hydrogens (tertiary/aromatic N) is 1. The molecule has 1 fully saturated rings. The van der Waals surface area contributed by atoms with Gasteiger partial charge in [-0.1, -0.05) is 6.42 Å². The highest BCUT2D eigenvalue weighted by atomic mass is 32.2. The van der Waals surface area contributed by atoms with Crippen LogP contribution < -0.4 is 15.6 Å². The minimum Gasteiger partial charge on any atom is -0.492 e. The van der Waals surface area contributed by atoms with E-state index in [1.165, 1.54) is 25.0 Å². The van der Waals surface area contributed by atoms with Crippen molar-refractivity contribution in [2.24, 2.45) is 10.9 Å². The number of sulfonamides is 1. The van der Waals surface area contributed by atoms with Crippen molar-refractivity contribution in [2.45, 2.75) is 43.2 Å². The topological polar surface area (TPSA) is 98.6 Å². The molecule has 0 aliphatic carbocycles. The Kier molecular flexibility index (Phi) is 5.80. The second-order valence-electron chi connectivity index (χ2n) is 5.82. The molecule has 0 spiro atoms. The lowest BCUT2D eigenvalue weighted by Gasteiger charge is -2.37. The minimum atomic E-state index is -3.65. The van der Waals surface area contributed by atoms with Crippen molar-refractivity contribution in [1.82, 2.24) is 4.90 Å². The number of primary sulfonamides is 1. The van der Waals surface area contributed by atoms with E-state index in [9.17, 15) is 8.42 Å². The standard InChI is InChI=1S/C15H25N3O3S/c1-12(16)15-4-2-3-9-18(15)10-11-21-13-5-7-14(8-6-13)22(17,19)20/h5-8,12,15H,2-4,9-11,16H2,1H3,(H2,17,19,20). The molecule has 1 aromatic carbocycles. The fraction of sp³-hybridized carbons (Fsp3) is 0.600. The monoisotopic (exact) mass is 327 g/mol. The molecule has 7 heteroatoms. The Morgan fingerprint density at radius 3 is 2.59 bits per heavy atom. The van der Waals surface area contributed by atoms with E-state index in [4.69, 9.17) is 15.6 Å². The molecular formula is C15H25N3O3S. The first-order valence-electron chi connectivity index (χ1n) is 7.63. The summed E-state index contributed by atoms with van der Waals surface area (Å²) >= 11 is 0. The summed E-state index contributed by atoms with van der Waals surface area (Å²) in [6.45, 7) is 4.48. The first-order chi connectivity index (χ1) is 10.4. The van der Waals surface area contributed by atoms with Crippen LogP contribution in [-0.2, 0) is 10.0 Å². The third-order valence-corrected chi connectivity index (χ3v) is 5.00. The van der Waals surface area contributed by atoms with E-state index >= 15 is 0 Å². The van der Waals surface area contributed by atoms with E-state index in [1.54, 1.807) is 12.1 Å². The molecule has 0 amide bonds. The van der Waals surface area contributed by atoms with Gasteiger partial charge in [-0.05, 0) is 50.6 Å². The van der Waals surface area contributed by atoms with Gasteiger partial charge in [0.1, 0.15) is 12.4 Å². The molecule has 0 radical (unpaired) electrons. The molecule has 2 rings (SSSR count). The average molecular weight is 327 g/mol. The predicted molar refractivity (Wildman–Crippen MR) is 86.2 cm³/mol. The van der Waals surface area contributed by atoms with Crippen molar-refractivity contribution in [1.29, 1.82) is 0 Å². The van der Waals surface area contributed by atoms with Crippen LogP contribution >= 0.6 is 0 Å². The summed E-state index contributed by atoms with van der Waals surface area (Å²) in [5.41, 5.74) is 6.05. The highest BCUT2D eigenvalue weighted by Gasteiger charge is 2.24. The zero-order valence-corrected chi connectivity index (χ0v) is 13.8. The fourth-order valence-electron chi connectivity index (χ4n) is 2.90. The van der Waals surface area contributed by atoms with Crippen LogP contribution in [0.25, 0.3) is 0 Å². The number of ether oxygens (including phenoxy) is 1. The van der Waals surface area contributed by atoms with E-state index in [1.807, 2.05) is 0 Å². The van der Waals surface area contributed by atoms with Crippen molar-refractivity contribution < 1.29 is 13.2 Å². The number of piperidine rings is 1. The third-order valence-electron chi connectivity index (χ3n) is 4.07. The summed E-state index contributed by atoms with van der Waals surface area (Å²) in [7, 11) is -3.65. The van der Waals surface area contributed by atoms with Crippen LogP contribution in [0.15, 0.2) is 29.2 Å². The minimum absolute atomic E-state index is 0.0906. The van der Waals surface area contributed by atoms with Crippen LogP contribution in [0.3, 0.4) is 0 Å². The van der Waals surface area contributed by atoms with Crippen LogP contribution in [0.5, 0.6) is 5.75 Å². The van der Waals surface area contributed by atoms with E-state index in [0.717, 1.165) is 19.5 Å². The zero-order valence-electron chi connectivity index (χ0n) is 12.9. The van der Waals surface area contributed by atoms with E-state index in [-0.39, 0.29) is 10.9 Å². The van der Waals surface area contributed by atoms with Gasteiger partial charge in [0, 0.05) is 18.6 Å². The Morgan fingerprint density at radius 1 is 1.32 bits per heavy atom. The fourth-order valence-corrected chi connectivity index (χ4v) is 3.41. The van der Waals surface area contributed by atoms with Crippen molar-refractivity contribution in [3.8, 4) is 5.75 Å². The van der Waals surface area contributed by atoms with Crippen LogP contribution in [0.2, 0.25) is 0 Å². The van der Waals surface area contributed by atoms with Crippen LogP contribution in [0, 0.1) is 0 Å². The van der Waals surface area contributed by atoms with Crippen LogP contribution in [-0.4, -0.2) is 45.1 Å². The molecule has 1 aliphatic rings. The van der Waals surface area contributed by atoms with Gasteiger partial charge in [-0.2, -0.15) is 0 Å². The molecule has 1 aliphatic heterocycles. The lowest BCUT2D eigenvalue weighted by molar-refractivity contribution is 0.109. The zero-order chi connectivity index (χ0) is 16.2. The second-order valence-corrected chi connectivity index (χ2v) is 7.38. The Morgan fingerprint density at radius 2 is 2.00 bits per heavy atom. The van der Waals surface area contributed by atoms with Crippen molar-refractivity contribution in [3.63, 3.8) is 0 Å². The molecule has 22 heavy (non-hydrogen) atoms. The Bertz CT molecular complexity index is 572. The van der Waals surface area contributed by atoms with E-state index < -0.39 is 10.0 Å². The third kappa shape index (κ3) is 4.67. The van der Waals surface area contributed by atoms with Crippen molar-refractivity contribution >= 4 is 10.0 Å². The Balaban J connectivity index is 1.85. The summed E-state index contributed by atoms with van der Waals surface area (Å²) in [4.78, 5) is 2.47. The molecule has 124 valence electrons. The lowest BCUT2D eigenvalue weighted by atomic mass is 9.97. The van der Waals surface area contributed by atoms with Gasteiger partial charge in [0.2, 0.25) is 10.0 Å². The SMILES string of the molecule is CC(N)C1CCCCN1CCOc1ccc(S(N)(=O)=O)cc1. The van der Waals surface area contributed by atoms with Crippen LogP contribution in [0.4, 0.5) is 0 Å². The molecule has 2 unspecified atom stereocenters. The highest BCUT2D eigenvalue weighted by molar-refractivity contribution is 7.89. The number of benzene rings is 1. The molecule has 0 saturated carbocycles. The summed E-state index contributed by atoms with van der Waals surface area (Å²) in [6, 6.07) is 6.74. The highest BCUT2D eigenvalue weighted by Crippen LogP contribution is 2.19. The lowest BCUT2D eigenvalue weighted by Crippen LogP contribution is -2.50. The molecule has 0 aromatic heterocycles. The van der Waals surface area contributed by atoms with Crippen molar-refractivity contribution in [2.75, 3.05) is 19.7 Å². The van der Waals surface area contributed by atoms with E-state index in [2.05, 4.69) is 11.8 Å². The quantitative estimate of drug-likeness (QED) is 0.809. The largest absolute Gasteiger partial charge is 0.492 e. The number of hydrogen-bond donors (Lipinski definition) is 2. The normalized spacial score (nSPS) is 21.5. The van der Waals surface area contributed by atoms with Gasteiger partial charge >= 0.3 is 0 Å². The van der Waals surface area contributed by atoms with Gasteiger partial charge in [-0.3, -0.25) is 4.90 Å². The van der Waals surface area contributed by atoms with Gasteiger partial charge in [0.05, 0.1) is 4.90 Å². The molecule has 2 atom stereocenters. The average Bonchev–Trinajstić information content (AvgIpc) is 2.47. The Labute approximate surface area is 132 Å². The summed E-state index contributed by atoms with van der Waals surface area (Å²) < 4.78 is 28.1. The van der Waals surface area contributed by atoms with Crippen LogP contribution in [0.1, 0.15) is 26.2 Å². The summed E-state index contributed by atoms with van der Waals surface area (Å²) in [6.07, 6.45) is 3.57. The van der Waals surface area contributed by atoms with E-state index in [0.29, 0.717) is 18.4 Å². The molecule has 1 aromatic rings. The number of likely N-dealkylation sites (tertiary alicyclic amines) is 1. The summed E-state index contributed by atoms with van der Waals surface area (Å²) in [5.74, 6) is 0.641. The molecule has 0 bridgehead atoms. The van der Waals surface area contributed by atoms with Gasteiger partial charge < -0.3 is 10.5 Å². The number of hydrogen-bond acceptors (Lipinski definition) is 5. The first-order valence-corrected chi connectivity index (χ1v) is 9.18. The number of nitrogens with two attached hydrogens (primary N) is 2. The molecule has 1 heterocycles. The van der Waals surface area contributed by atoms with Crippen molar-refractivity contribution in [3.05, 3.63) is 24.3 Å². The smallest absolute Gasteiger partial charge is 0.238 e. The van der Waals surface area contributed by atoms with Gasteiger partial charge in [-0.25, -0.2) is 13.6 Å². The molecule has 6 nitrogen and oxygen atoms in total. The maximum Gasteiger partial charge on any atom is 0.238 e. The Hall–Kier alpha value is -1.15. The molecule has 1 saturated heterocycles. The maximum absolute atomic E-state index is 11.2. The predicted octanol–water partition coefficient (Wildman–Crippen LogP) is 0.915. The van der Waals surface area contributed by atoms with Gasteiger partial charge in [-0.15, -0.1) is 0 Å².